The van der Waals surface area contributed by atoms with Gasteiger partial charge in [-0.25, -0.2) is 0 Å². The summed E-state index contributed by atoms with van der Waals surface area (Å²) in [6.07, 6.45) is 0. The summed E-state index contributed by atoms with van der Waals surface area (Å²) in [5.41, 5.74) is 13.0. The fourth-order valence-corrected chi connectivity index (χ4v) is 9.92. The number of hydrogen-bond donors (Lipinski definition) is 0. The van der Waals surface area contributed by atoms with Crippen LogP contribution >= 0.6 is 0 Å². The van der Waals surface area contributed by atoms with Gasteiger partial charge in [-0.15, -0.1) is 0 Å². The zero-order valence-electron chi connectivity index (χ0n) is 34.6. The normalized spacial score (nSPS) is 11.5. The topological polar surface area (TPSA) is 3.24 Å². The Morgan fingerprint density at radius 2 is 0.714 bits per heavy atom. The molecule has 0 aromatic heterocycles. The number of rotatable bonds is 7. The van der Waals surface area contributed by atoms with Gasteiger partial charge in [-0.1, -0.05) is 206 Å². The lowest BCUT2D eigenvalue weighted by Crippen LogP contribution is -2.10. The van der Waals surface area contributed by atoms with Gasteiger partial charge < -0.3 is 4.90 Å². The van der Waals surface area contributed by atoms with Crippen LogP contribution in [0.1, 0.15) is 0 Å². The average molecular weight is 800 g/mol. The summed E-state index contributed by atoms with van der Waals surface area (Å²) in [5.74, 6) is 0. The van der Waals surface area contributed by atoms with Crippen LogP contribution in [0.3, 0.4) is 0 Å². The molecule has 0 saturated heterocycles. The minimum absolute atomic E-state index is 1.10. The van der Waals surface area contributed by atoms with Crippen LogP contribution in [-0.4, -0.2) is 0 Å². The molecule has 12 rings (SSSR count). The van der Waals surface area contributed by atoms with Gasteiger partial charge in [-0.3, -0.25) is 0 Å². The van der Waals surface area contributed by atoms with Crippen molar-refractivity contribution in [3.8, 4) is 44.5 Å². The summed E-state index contributed by atoms with van der Waals surface area (Å²) in [7, 11) is 0. The largest absolute Gasteiger partial charge is 0.310 e. The van der Waals surface area contributed by atoms with E-state index in [0.29, 0.717) is 0 Å². The highest BCUT2D eigenvalue weighted by atomic mass is 15.1. The first-order valence-corrected chi connectivity index (χ1v) is 21.8. The van der Waals surface area contributed by atoms with E-state index in [1.807, 2.05) is 0 Å². The number of anilines is 3. The van der Waals surface area contributed by atoms with Gasteiger partial charge in [0, 0.05) is 16.8 Å². The summed E-state index contributed by atoms with van der Waals surface area (Å²) < 4.78 is 0. The lowest BCUT2D eigenvalue weighted by atomic mass is 9.84. The van der Waals surface area contributed by atoms with Gasteiger partial charge in [0.25, 0.3) is 0 Å². The van der Waals surface area contributed by atoms with Crippen molar-refractivity contribution < 1.29 is 0 Å². The highest BCUT2D eigenvalue weighted by Crippen LogP contribution is 2.47. The molecule has 0 bridgehead atoms. The first-order valence-electron chi connectivity index (χ1n) is 21.8. The van der Waals surface area contributed by atoms with Crippen molar-refractivity contribution in [3.05, 3.63) is 249 Å². The highest BCUT2D eigenvalue weighted by Gasteiger charge is 2.20. The van der Waals surface area contributed by atoms with E-state index in [9.17, 15) is 0 Å². The molecule has 0 spiro atoms. The van der Waals surface area contributed by atoms with Crippen LogP contribution < -0.4 is 4.90 Å². The highest BCUT2D eigenvalue weighted by molar-refractivity contribution is 6.22. The van der Waals surface area contributed by atoms with E-state index in [1.165, 1.54) is 92.8 Å². The molecule has 0 radical (unpaired) electrons. The van der Waals surface area contributed by atoms with Crippen LogP contribution in [0.2, 0.25) is 0 Å². The van der Waals surface area contributed by atoms with Crippen molar-refractivity contribution in [1.82, 2.24) is 0 Å². The Labute approximate surface area is 367 Å². The fourth-order valence-electron chi connectivity index (χ4n) is 9.92. The van der Waals surface area contributed by atoms with Gasteiger partial charge >= 0.3 is 0 Å². The Kier molecular flexibility index (Phi) is 8.90. The molecule has 294 valence electrons. The van der Waals surface area contributed by atoms with Gasteiger partial charge in [0.1, 0.15) is 0 Å². The Balaban J connectivity index is 1.04. The molecule has 1 nitrogen and oxygen atoms in total. The van der Waals surface area contributed by atoms with E-state index >= 15 is 0 Å². The fraction of sp³-hybridized carbons (Fsp3) is 0. The monoisotopic (exact) mass is 799 g/mol. The maximum atomic E-state index is 2.42. The summed E-state index contributed by atoms with van der Waals surface area (Å²) in [4.78, 5) is 2.42. The second-order valence-electron chi connectivity index (χ2n) is 16.4. The van der Waals surface area contributed by atoms with E-state index in [1.54, 1.807) is 0 Å². The van der Waals surface area contributed by atoms with Crippen molar-refractivity contribution in [3.63, 3.8) is 0 Å². The van der Waals surface area contributed by atoms with E-state index in [4.69, 9.17) is 0 Å². The van der Waals surface area contributed by atoms with Crippen LogP contribution in [0.4, 0.5) is 17.1 Å². The first-order chi connectivity index (χ1) is 31.3. The second-order valence-corrected chi connectivity index (χ2v) is 16.4. The minimum Gasteiger partial charge on any atom is -0.310 e. The Morgan fingerprint density at radius 1 is 0.222 bits per heavy atom. The maximum absolute atomic E-state index is 2.42. The van der Waals surface area contributed by atoms with Gasteiger partial charge in [-0.2, -0.15) is 0 Å². The number of nitrogens with zero attached hydrogens (tertiary/aromatic N) is 1. The molecule has 0 N–H and O–H groups in total. The van der Waals surface area contributed by atoms with Crippen molar-refractivity contribution in [2.24, 2.45) is 0 Å². The summed E-state index contributed by atoms with van der Waals surface area (Å²) in [6, 6.07) is 91.1. The van der Waals surface area contributed by atoms with Gasteiger partial charge in [0.2, 0.25) is 0 Å². The van der Waals surface area contributed by atoms with E-state index < -0.39 is 0 Å². The lowest BCUT2D eigenvalue weighted by molar-refractivity contribution is 1.30. The molecule has 0 saturated carbocycles. The predicted octanol–water partition coefficient (Wildman–Crippen LogP) is 17.6. The summed E-state index contributed by atoms with van der Waals surface area (Å²) in [6.45, 7) is 0. The zero-order chi connectivity index (χ0) is 41.7. The van der Waals surface area contributed by atoms with Crippen molar-refractivity contribution in [2.75, 3.05) is 4.90 Å². The number of benzene rings is 12. The Morgan fingerprint density at radius 3 is 1.44 bits per heavy atom. The molecule has 0 atom stereocenters. The molecule has 0 fully saturated rings. The van der Waals surface area contributed by atoms with Gasteiger partial charge in [0.15, 0.2) is 0 Å². The number of fused-ring (bicyclic) bond motifs is 7. The summed E-state index contributed by atoms with van der Waals surface area (Å²) in [5, 5.41) is 12.5. The van der Waals surface area contributed by atoms with E-state index in [0.717, 1.165) is 22.6 Å². The molecular weight excluding hydrogens is 759 g/mol. The second kappa shape index (κ2) is 15.3. The molecule has 0 aliphatic carbocycles. The van der Waals surface area contributed by atoms with Crippen LogP contribution in [0.15, 0.2) is 249 Å². The zero-order valence-corrected chi connectivity index (χ0v) is 34.6. The molecule has 0 unspecified atom stereocenters. The SMILES string of the molecule is c1ccc(-c2c(-c3ccccc3)c3cc(-c4cccc(N(c5ccc(-c6cc7ccccc7c7ccccc67)cc5)c5cccc6ccccc56)c4)ccc3c3ccccc23)cc1. The third-order valence-electron chi connectivity index (χ3n) is 12.8. The minimum atomic E-state index is 1.10. The molecular formula is C62H41N. The van der Waals surface area contributed by atoms with Crippen LogP contribution in [0.25, 0.3) is 98.4 Å². The first kappa shape index (κ1) is 36.6. The third-order valence-corrected chi connectivity index (χ3v) is 12.8. The standard InChI is InChI=1S/C62H41N/c1-3-18-44(19-4-1)61-57-31-14-13-29-54(57)56-38-35-47(40-59(56)62(61)45-20-5-2-6-21-45)46-24-15-25-50(39-46)63(60-32-16-23-42-17-7-10-27-52(42)60)49-36-33-43(34-37-49)58-41-48-22-8-9-26-51(48)53-28-11-12-30-55(53)58/h1-41H. The van der Waals surface area contributed by atoms with Gasteiger partial charge in [0.05, 0.1) is 5.69 Å². The quantitative estimate of drug-likeness (QED) is 0.145. The average Bonchev–Trinajstić information content (AvgIpc) is 3.36. The maximum Gasteiger partial charge on any atom is 0.0540 e. The van der Waals surface area contributed by atoms with Crippen molar-refractivity contribution in [1.29, 1.82) is 0 Å². The van der Waals surface area contributed by atoms with Crippen LogP contribution in [0.5, 0.6) is 0 Å². The Bertz CT molecular complexity index is 3660. The van der Waals surface area contributed by atoms with E-state index in [2.05, 4.69) is 254 Å². The molecule has 63 heavy (non-hydrogen) atoms. The molecule has 1 heteroatoms. The number of hydrogen-bond acceptors (Lipinski definition) is 1. The van der Waals surface area contributed by atoms with Crippen molar-refractivity contribution >= 4 is 70.9 Å². The molecule has 0 aliphatic rings. The smallest absolute Gasteiger partial charge is 0.0540 e. The molecule has 0 amide bonds. The lowest BCUT2D eigenvalue weighted by Gasteiger charge is -2.27. The molecule has 12 aromatic carbocycles. The Hall–Kier alpha value is -8.26. The van der Waals surface area contributed by atoms with Crippen LogP contribution in [0, 0.1) is 0 Å². The van der Waals surface area contributed by atoms with Crippen molar-refractivity contribution in [2.45, 2.75) is 0 Å². The van der Waals surface area contributed by atoms with Crippen LogP contribution in [-0.2, 0) is 0 Å². The van der Waals surface area contributed by atoms with E-state index in [-0.39, 0.29) is 0 Å². The molecule has 0 heterocycles. The van der Waals surface area contributed by atoms with Gasteiger partial charge in [-0.05, 0) is 135 Å². The molecule has 0 aliphatic heterocycles. The summed E-state index contributed by atoms with van der Waals surface area (Å²) >= 11 is 0. The predicted molar refractivity (Wildman–Crippen MR) is 270 cm³/mol. The third kappa shape index (κ3) is 6.33. The molecule has 12 aromatic rings.